The summed E-state index contributed by atoms with van der Waals surface area (Å²) in [6, 6.07) is 14.7. The predicted octanol–water partition coefficient (Wildman–Crippen LogP) is 5.87. The monoisotopic (exact) mass is 482 g/mol. The zero-order valence-electron chi connectivity index (χ0n) is 17.1. The molecule has 0 atom stereocenters. The minimum atomic E-state index is -0.473. The summed E-state index contributed by atoms with van der Waals surface area (Å²) >= 11 is 12.3. The van der Waals surface area contributed by atoms with Crippen LogP contribution in [-0.4, -0.2) is 22.3 Å². The molecular weight excluding hydrogens is 467 g/mol. The number of ether oxygens (including phenoxy) is 2. The molecule has 33 heavy (non-hydrogen) atoms. The molecule has 3 aromatic rings. The number of halogens is 2. The lowest BCUT2D eigenvalue weighted by Crippen LogP contribution is -2.31. The number of nitro groups is 1. The Balaban J connectivity index is 1.40. The lowest BCUT2D eigenvalue weighted by Gasteiger charge is -2.30. The van der Waals surface area contributed by atoms with Crippen LogP contribution in [0.2, 0.25) is 10.0 Å². The van der Waals surface area contributed by atoms with Crippen molar-refractivity contribution >= 4 is 40.7 Å². The number of nitro benzene ring substituents is 1. The van der Waals surface area contributed by atoms with Crippen molar-refractivity contribution in [2.75, 3.05) is 6.73 Å². The maximum atomic E-state index is 12.9. The van der Waals surface area contributed by atoms with Gasteiger partial charge in [-0.2, -0.15) is 0 Å². The van der Waals surface area contributed by atoms with Crippen molar-refractivity contribution in [1.29, 1.82) is 0 Å². The van der Waals surface area contributed by atoms with Gasteiger partial charge in [-0.3, -0.25) is 19.8 Å². The number of non-ortho nitro benzene ring substituents is 1. The summed E-state index contributed by atoms with van der Waals surface area (Å²) in [5, 5.41) is 12.0. The molecule has 0 N–H and O–H groups in total. The van der Waals surface area contributed by atoms with Crippen molar-refractivity contribution in [2.24, 2.45) is 0 Å². The van der Waals surface area contributed by atoms with Gasteiger partial charge in [-0.15, -0.1) is 0 Å². The van der Waals surface area contributed by atoms with Crippen LogP contribution in [0, 0.1) is 10.1 Å². The van der Waals surface area contributed by atoms with E-state index in [1.54, 1.807) is 42.5 Å². The number of rotatable bonds is 4. The van der Waals surface area contributed by atoms with Crippen LogP contribution >= 0.6 is 23.2 Å². The minimum Gasteiger partial charge on any atom is -0.478 e. The van der Waals surface area contributed by atoms with Crippen molar-refractivity contribution in [2.45, 2.75) is 13.1 Å². The number of ketones is 1. The van der Waals surface area contributed by atoms with E-state index in [0.717, 1.165) is 11.1 Å². The third kappa shape index (κ3) is 4.18. The molecule has 0 aromatic heterocycles. The largest absolute Gasteiger partial charge is 0.478 e. The Hall–Kier alpha value is -3.39. The molecule has 0 saturated carbocycles. The van der Waals surface area contributed by atoms with Crippen molar-refractivity contribution in [3.05, 3.63) is 103 Å². The number of carbonyl (C=O) groups excluding carboxylic acids is 1. The third-order valence-corrected chi connectivity index (χ3v) is 6.08. The van der Waals surface area contributed by atoms with Crippen LogP contribution in [0.5, 0.6) is 11.5 Å². The average molecular weight is 483 g/mol. The Morgan fingerprint density at radius 3 is 2.61 bits per heavy atom. The summed E-state index contributed by atoms with van der Waals surface area (Å²) in [5.41, 5.74) is 2.75. The highest BCUT2D eigenvalue weighted by molar-refractivity contribution is 6.35. The highest BCUT2D eigenvalue weighted by atomic mass is 35.5. The van der Waals surface area contributed by atoms with Crippen molar-refractivity contribution in [1.82, 2.24) is 4.90 Å². The predicted molar refractivity (Wildman–Crippen MR) is 124 cm³/mol. The summed E-state index contributed by atoms with van der Waals surface area (Å²) in [7, 11) is 0. The zero-order valence-corrected chi connectivity index (χ0v) is 18.6. The van der Waals surface area contributed by atoms with E-state index < -0.39 is 4.92 Å². The fourth-order valence-corrected chi connectivity index (χ4v) is 4.31. The van der Waals surface area contributed by atoms with Crippen molar-refractivity contribution < 1.29 is 19.2 Å². The lowest BCUT2D eigenvalue weighted by atomic mass is 10.0. The van der Waals surface area contributed by atoms with Gasteiger partial charge in [0.2, 0.25) is 5.78 Å². The molecule has 0 saturated heterocycles. The first kappa shape index (κ1) is 21.5. The van der Waals surface area contributed by atoms with E-state index in [-0.39, 0.29) is 17.2 Å². The van der Waals surface area contributed by atoms with Gasteiger partial charge < -0.3 is 9.47 Å². The van der Waals surface area contributed by atoms with E-state index in [1.165, 1.54) is 12.1 Å². The van der Waals surface area contributed by atoms with Crippen LogP contribution in [0.25, 0.3) is 6.08 Å². The Morgan fingerprint density at radius 1 is 1.09 bits per heavy atom. The average Bonchev–Trinajstić information content (AvgIpc) is 3.12. The van der Waals surface area contributed by atoms with Gasteiger partial charge in [-0.1, -0.05) is 29.3 Å². The fourth-order valence-electron chi connectivity index (χ4n) is 3.84. The van der Waals surface area contributed by atoms with Gasteiger partial charge in [0.05, 0.1) is 16.1 Å². The first-order valence-corrected chi connectivity index (χ1v) is 10.8. The molecule has 2 aliphatic heterocycles. The molecule has 2 aliphatic rings. The molecule has 0 spiro atoms. The molecule has 0 aliphatic carbocycles. The van der Waals surface area contributed by atoms with Crippen LogP contribution in [0.4, 0.5) is 5.69 Å². The molecule has 9 heteroatoms. The molecule has 2 heterocycles. The number of nitrogens with zero attached hydrogens (tertiary/aromatic N) is 2. The first-order chi connectivity index (χ1) is 15.9. The number of carbonyl (C=O) groups is 1. The van der Waals surface area contributed by atoms with Crippen LogP contribution < -0.4 is 9.47 Å². The molecule has 0 unspecified atom stereocenters. The molecule has 7 nitrogen and oxygen atoms in total. The Labute approximate surface area is 198 Å². The van der Waals surface area contributed by atoms with Gasteiger partial charge >= 0.3 is 0 Å². The maximum absolute atomic E-state index is 12.9. The summed E-state index contributed by atoms with van der Waals surface area (Å²) in [5.74, 6) is 1.04. The molecule has 0 fully saturated rings. The number of benzene rings is 3. The SMILES string of the molecule is O=C1/C(=C/c2ccc([N+](=O)[O-])cc2)Oc2c1ccc1c2CN(Cc2ccc(Cl)cc2Cl)CO1. The van der Waals surface area contributed by atoms with Crippen LogP contribution in [0.15, 0.2) is 60.4 Å². The van der Waals surface area contributed by atoms with Gasteiger partial charge in [0.15, 0.2) is 5.76 Å². The number of Topliss-reactive ketones (excluding diaryl/α,β-unsaturated/α-hetero) is 1. The summed E-state index contributed by atoms with van der Waals surface area (Å²) in [6.07, 6.45) is 1.58. The number of hydrogen-bond donors (Lipinski definition) is 0. The smallest absolute Gasteiger partial charge is 0.269 e. The molecule has 5 rings (SSSR count). The van der Waals surface area contributed by atoms with E-state index in [2.05, 4.69) is 0 Å². The van der Waals surface area contributed by atoms with E-state index in [0.29, 0.717) is 52.5 Å². The molecular formula is C24H16Cl2N2O5. The normalized spacial score (nSPS) is 16.2. The molecule has 0 radical (unpaired) electrons. The van der Waals surface area contributed by atoms with E-state index >= 15 is 0 Å². The second kappa shape index (κ2) is 8.51. The van der Waals surface area contributed by atoms with E-state index in [1.807, 2.05) is 11.0 Å². The fraction of sp³-hybridized carbons (Fsp3) is 0.125. The molecule has 0 amide bonds. The Morgan fingerprint density at radius 2 is 1.88 bits per heavy atom. The number of fused-ring (bicyclic) bond motifs is 3. The van der Waals surface area contributed by atoms with Gasteiger partial charge in [-0.25, -0.2) is 0 Å². The highest BCUT2D eigenvalue weighted by Crippen LogP contribution is 2.42. The molecule has 0 bridgehead atoms. The number of hydrogen-bond acceptors (Lipinski definition) is 6. The van der Waals surface area contributed by atoms with E-state index in [4.69, 9.17) is 32.7 Å². The van der Waals surface area contributed by atoms with E-state index in [9.17, 15) is 14.9 Å². The first-order valence-electron chi connectivity index (χ1n) is 10.0. The van der Waals surface area contributed by atoms with Crippen LogP contribution in [0.1, 0.15) is 27.0 Å². The Kier molecular flexibility index (Phi) is 5.54. The molecule has 166 valence electrons. The van der Waals surface area contributed by atoms with Crippen LogP contribution in [-0.2, 0) is 13.1 Å². The van der Waals surface area contributed by atoms with Crippen LogP contribution in [0.3, 0.4) is 0 Å². The topological polar surface area (TPSA) is 81.9 Å². The third-order valence-electron chi connectivity index (χ3n) is 5.49. The quantitative estimate of drug-likeness (QED) is 0.262. The lowest BCUT2D eigenvalue weighted by molar-refractivity contribution is -0.384. The number of allylic oxidation sites excluding steroid dienone is 1. The van der Waals surface area contributed by atoms with Gasteiger partial charge in [0.25, 0.3) is 5.69 Å². The van der Waals surface area contributed by atoms with Crippen molar-refractivity contribution in [3.8, 4) is 11.5 Å². The van der Waals surface area contributed by atoms with Gasteiger partial charge in [-0.05, 0) is 53.6 Å². The van der Waals surface area contributed by atoms with Gasteiger partial charge in [0, 0.05) is 35.3 Å². The maximum Gasteiger partial charge on any atom is 0.269 e. The summed E-state index contributed by atoms with van der Waals surface area (Å²) in [4.78, 5) is 25.3. The zero-order chi connectivity index (χ0) is 23.1. The Bertz CT molecular complexity index is 1320. The second-order valence-electron chi connectivity index (χ2n) is 7.70. The van der Waals surface area contributed by atoms with Crippen molar-refractivity contribution in [3.63, 3.8) is 0 Å². The van der Waals surface area contributed by atoms with Gasteiger partial charge in [0.1, 0.15) is 18.2 Å². The minimum absolute atomic E-state index is 0.0220. The second-order valence-corrected chi connectivity index (χ2v) is 8.55. The highest BCUT2D eigenvalue weighted by Gasteiger charge is 2.33. The standard InChI is InChI=1S/C24H16Cl2N2O5/c25-16-4-3-15(20(26)10-16)11-27-12-19-21(32-13-27)8-7-18-23(29)22(33-24(18)19)9-14-1-5-17(6-2-14)28(30)31/h1-10H,11-13H2/b22-9-. The summed E-state index contributed by atoms with van der Waals surface area (Å²) < 4.78 is 11.9. The molecule has 3 aromatic carbocycles. The summed E-state index contributed by atoms with van der Waals surface area (Å²) in [6.45, 7) is 1.41.